The summed E-state index contributed by atoms with van der Waals surface area (Å²) < 4.78 is 13.2. The van der Waals surface area contributed by atoms with Gasteiger partial charge in [-0.15, -0.1) is 0 Å². The van der Waals surface area contributed by atoms with Crippen LogP contribution in [0, 0.1) is 5.82 Å². The molecule has 19 heavy (non-hydrogen) atoms. The van der Waals surface area contributed by atoms with E-state index in [0.717, 1.165) is 25.2 Å². The molecular weight excluding hydrogens is 239 g/mol. The van der Waals surface area contributed by atoms with Gasteiger partial charge < -0.3 is 5.73 Å². The quantitative estimate of drug-likeness (QED) is 0.915. The van der Waals surface area contributed by atoms with Crippen molar-refractivity contribution in [3.63, 3.8) is 0 Å². The van der Waals surface area contributed by atoms with Gasteiger partial charge in [-0.25, -0.2) is 4.39 Å². The Hall–Kier alpha value is -1.71. The molecule has 0 amide bonds. The van der Waals surface area contributed by atoms with Crippen molar-refractivity contribution in [3.05, 3.63) is 71.0 Å². The first-order chi connectivity index (χ1) is 9.22. The van der Waals surface area contributed by atoms with E-state index in [9.17, 15) is 4.39 Å². The summed E-state index contributed by atoms with van der Waals surface area (Å²) in [5, 5.41) is 0. The minimum absolute atomic E-state index is 0.148. The highest BCUT2D eigenvalue weighted by Crippen LogP contribution is 2.24. The average molecular weight is 256 g/mol. The molecule has 0 saturated heterocycles. The summed E-state index contributed by atoms with van der Waals surface area (Å²) in [4.78, 5) is 2.31. The first kappa shape index (κ1) is 12.3. The lowest BCUT2D eigenvalue weighted by molar-refractivity contribution is 0.266. The molecule has 1 aliphatic heterocycles. The van der Waals surface area contributed by atoms with Crippen molar-refractivity contribution in [3.8, 4) is 0 Å². The van der Waals surface area contributed by atoms with Gasteiger partial charge >= 0.3 is 0 Å². The summed E-state index contributed by atoms with van der Waals surface area (Å²) in [5.74, 6) is -0.224. The Morgan fingerprint density at radius 2 is 1.74 bits per heavy atom. The van der Waals surface area contributed by atoms with Crippen LogP contribution in [0.15, 0.2) is 48.5 Å². The first-order valence-electron chi connectivity index (χ1n) is 6.52. The van der Waals surface area contributed by atoms with Gasteiger partial charge in [0.05, 0.1) is 0 Å². The zero-order valence-electron chi connectivity index (χ0n) is 10.7. The number of rotatable bonds is 3. The number of nitrogens with two attached hydrogens (primary N) is 1. The van der Waals surface area contributed by atoms with Crippen LogP contribution >= 0.6 is 0 Å². The topological polar surface area (TPSA) is 29.3 Å². The normalized spacial score (nSPS) is 16.3. The van der Waals surface area contributed by atoms with Gasteiger partial charge in [-0.3, -0.25) is 4.90 Å². The lowest BCUT2D eigenvalue weighted by atomic mass is 10.1. The fourth-order valence-corrected chi connectivity index (χ4v) is 2.65. The van der Waals surface area contributed by atoms with Crippen molar-refractivity contribution in [2.75, 3.05) is 6.54 Å². The van der Waals surface area contributed by atoms with Gasteiger partial charge in [0.1, 0.15) is 5.82 Å². The van der Waals surface area contributed by atoms with Crippen LogP contribution < -0.4 is 5.73 Å². The summed E-state index contributed by atoms with van der Waals surface area (Å²) in [6.07, 6.45) is 0. The highest BCUT2D eigenvalue weighted by atomic mass is 19.1. The van der Waals surface area contributed by atoms with Crippen LogP contribution in [0.1, 0.15) is 22.7 Å². The maximum Gasteiger partial charge on any atom is 0.123 e. The van der Waals surface area contributed by atoms with Gasteiger partial charge in [0.2, 0.25) is 0 Å². The van der Waals surface area contributed by atoms with Crippen molar-refractivity contribution >= 4 is 0 Å². The predicted molar refractivity (Wildman–Crippen MR) is 73.9 cm³/mol. The number of benzene rings is 2. The summed E-state index contributed by atoms with van der Waals surface area (Å²) >= 11 is 0. The Morgan fingerprint density at radius 1 is 1.05 bits per heavy atom. The van der Waals surface area contributed by atoms with Crippen LogP contribution in [-0.2, 0) is 13.1 Å². The molecule has 3 rings (SSSR count). The summed E-state index contributed by atoms with van der Waals surface area (Å²) in [5.41, 5.74) is 9.77. The molecule has 98 valence electrons. The van der Waals surface area contributed by atoms with Crippen molar-refractivity contribution in [2.24, 2.45) is 5.73 Å². The molecule has 0 bridgehead atoms. The summed E-state index contributed by atoms with van der Waals surface area (Å²) in [7, 11) is 0. The Balaban J connectivity index is 1.67. The highest BCUT2D eigenvalue weighted by Gasteiger charge is 2.20. The van der Waals surface area contributed by atoms with E-state index in [1.807, 2.05) is 6.07 Å². The third-order valence-electron chi connectivity index (χ3n) is 3.64. The fourth-order valence-electron chi connectivity index (χ4n) is 2.65. The van der Waals surface area contributed by atoms with Gasteiger partial charge in [0.25, 0.3) is 0 Å². The van der Waals surface area contributed by atoms with E-state index in [4.69, 9.17) is 5.73 Å². The molecule has 0 aliphatic carbocycles. The highest BCUT2D eigenvalue weighted by molar-refractivity contribution is 5.30. The van der Waals surface area contributed by atoms with Crippen LogP contribution in [0.25, 0.3) is 0 Å². The van der Waals surface area contributed by atoms with E-state index >= 15 is 0 Å². The number of hydrogen-bond donors (Lipinski definition) is 1. The fraction of sp³-hybridized carbons (Fsp3) is 0.250. The van der Waals surface area contributed by atoms with Gasteiger partial charge in [-0.2, -0.15) is 0 Å². The van der Waals surface area contributed by atoms with Crippen LogP contribution in [0.5, 0.6) is 0 Å². The molecular formula is C16H17FN2. The van der Waals surface area contributed by atoms with Crippen molar-refractivity contribution in [1.82, 2.24) is 4.90 Å². The van der Waals surface area contributed by atoms with Crippen LogP contribution in [-0.4, -0.2) is 11.4 Å². The van der Waals surface area contributed by atoms with E-state index in [-0.39, 0.29) is 11.9 Å². The maximum absolute atomic E-state index is 13.2. The number of halogens is 1. The second kappa shape index (κ2) is 5.11. The van der Waals surface area contributed by atoms with Gasteiger partial charge in [0.15, 0.2) is 0 Å². The largest absolute Gasteiger partial charge is 0.323 e. The zero-order valence-corrected chi connectivity index (χ0v) is 10.7. The van der Waals surface area contributed by atoms with Gasteiger partial charge in [-0.05, 0) is 28.8 Å². The van der Waals surface area contributed by atoms with Crippen molar-refractivity contribution in [2.45, 2.75) is 19.1 Å². The van der Waals surface area contributed by atoms with E-state index < -0.39 is 0 Å². The number of nitrogens with zero attached hydrogens (tertiary/aromatic N) is 1. The minimum atomic E-state index is -0.224. The SMILES string of the molecule is NC(CN1Cc2ccccc2C1)c1cccc(F)c1. The zero-order chi connectivity index (χ0) is 13.2. The minimum Gasteiger partial charge on any atom is -0.323 e. The third kappa shape index (κ3) is 2.67. The standard InChI is InChI=1S/C16H17FN2/c17-15-7-3-6-12(8-15)16(18)11-19-9-13-4-1-2-5-14(13)10-19/h1-8,16H,9-11,18H2. The molecule has 2 aromatic rings. The lowest BCUT2D eigenvalue weighted by Gasteiger charge is -2.20. The first-order valence-corrected chi connectivity index (χ1v) is 6.52. The molecule has 1 aliphatic rings. The second-order valence-corrected chi connectivity index (χ2v) is 5.10. The van der Waals surface area contributed by atoms with Gasteiger partial charge in [0, 0.05) is 25.7 Å². The second-order valence-electron chi connectivity index (χ2n) is 5.10. The molecule has 2 N–H and O–H groups in total. The molecule has 0 saturated carbocycles. The van der Waals surface area contributed by atoms with E-state index in [1.165, 1.54) is 23.3 Å². The molecule has 0 radical (unpaired) electrons. The monoisotopic (exact) mass is 256 g/mol. The Labute approximate surface area is 112 Å². The van der Waals surface area contributed by atoms with Crippen molar-refractivity contribution < 1.29 is 4.39 Å². The molecule has 0 fully saturated rings. The number of hydrogen-bond acceptors (Lipinski definition) is 2. The third-order valence-corrected chi connectivity index (χ3v) is 3.64. The summed E-state index contributed by atoms with van der Waals surface area (Å²) in [6.45, 7) is 2.61. The Morgan fingerprint density at radius 3 is 2.37 bits per heavy atom. The average Bonchev–Trinajstić information content (AvgIpc) is 2.80. The molecule has 1 unspecified atom stereocenters. The number of fused-ring (bicyclic) bond motifs is 1. The molecule has 1 atom stereocenters. The smallest absolute Gasteiger partial charge is 0.123 e. The Kier molecular flexibility index (Phi) is 3.32. The molecule has 0 spiro atoms. The molecule has 1 heterocycles. The Bertz CT molecular complexity index is 557. The maximum atomic E-state index is 13.2. The molecule has 2 nitrogen and oxygen atoms in total. The van der Waals surface area contributed by atoms with E-state index in [2.05, 4.69) is 29.2 Å². The summed E-state index contributed by atoms with van der Waals surface area (Å²) in [6, 6.07) is 14.9. The molecule has 3 heteroatoms. The van der Waals surface area contributed by atoms with E-state index in [0.29, 0.717) is 0 Å². The van der Waals surface area contributed by atoms with Gasteiger partial charge in [-0.1, -0.05) is 36.4 Å². The van der Waals surface area contributed by atoms with E-state index in [1.54, 1.807) is 6.07 Å². The molecule has 2 aromatic carbocycles. The van der Waals surface area contributed by atoms with Crippen LogP contribution in [0.2, 0.25) is 0 Å². The predicted octanol–water partition coefficient (Wildman–Crippen LogP) is 2.84. The lowest BCUT2D eigenvalue weighted by Crippen LogP contribution is -2.28. The van der Waals surface area contributed by atoms with Crippen molar-refractivity contribution in [1.29, 1.82) is 0 Å². The van der Waals surface area contributed by atoms with Crippen LogP contribution in [0.4, 0.5) is 4.39 Å². The molecule has 0 aromatic heterocycles. The van der Waals surface area contributed by atoms with Crippen LogP contribution in [0.3, 0.4) is 0 Å².